The van der Waals surface area contributed by atoms with Gasteiger partial charge in [0.15, 0.2) is 0 Å². The van der Waals surface area contributed by atoms with E-state index in [-0.39, 0.29) is 42.2 Å². The van der Waals surface area contributed by atoms with Crippen LogP contribution in [0.2, 0.25) is 0 Å². The third-order valence-electron chi connectivity index (χ3n) is 5.44. The van der Waals surface area contributed by atoms with Gasteiger partial charge in [0.1, 0.15) is 0 Å². The van der Waals surface area contributed by atoms with Gasteiger partial charge in [0.25, 0.3) is 0 Å². The van der Waals surface area contributed by atoms with Crippen molar-refractivity contribution < 1.29 is 4.79 Å². The molecular formula is C17H29Cl2N3OS. The molecule has 1 aliphatic carbocycles. The first-order valence-electron chi connectivity index (χ1n) is 8.32. The topological polar surface area (TPSA) is 44.4 Å². The van der Waals surface area contributed by atoms with Crippen LogP contribution in [0.1, 0.15) is 36.6 Å². The number of hydrogen-bond acceptors (Lipinski definition) is 4. The maximum atomic E-state index is 12.9. The Hall–Kier alpha value is -0.330. The number of carbonyl (C=O) groups is 1. The average molecular weight is 394 g/mol. The van der Waals surface area contributed by atoms with E-state index in [1.165, 1.54) is 24.1 Å². The van der Waals surface area contributed by atoms with Crippen LogP contribution in [0.4, 0.5) is 0 Å². The highest BCUT2D eigenvalue weighted by Crippen LogP contribution is 2.44. The van der Waals surface area contributed by atoms with E-state index in [0.717, 1.165) is 19.5 Å². The Balaban J connectivity index is 0.00000144. The smallest absolute Gasteiger partial charge is 0.227 e. The van der Waals surface area contributed by atoms with Crippen molar-refractivity contribution in [1.82, 2.24) is 15.5 Å². The highest BCUT2D eigenvalue weighted by atomic mass is 35.5. The zero-order valence-electron chi connectivity index (χ0n) is 14.4. The van der Waals surface area contributed by atoms with Gasteiger partial charge in [0.2, 0.25) is 5.91 Å². The molecule has 1 aromatic heterocycles. The Morgan fingerprint density at radius 2 is 2.25 bits per heavy atom. The van der Waals surface area contributed by atoms with Gasteiger partial charge in [-0.2, -0.15) is 0 Å². The number of halogens is 2. The van der Waals surface area contributed by atoms with E-state index >= 15 is 0 Å². The second kappa shape index (κ2) is 9.39. The molecule has 0 bridgehead atoms. The van der Waals surface area contributed by atoms with Crippen molar-refractivity contribution in [1.29, 1.82) is 0 Å². The highest BCUT2D eigenvalue weighted by molar-refractivity contribution is 7.10. The number of nitrogens with one attached hydrogen (secondary N) is 2. The molecule has 2 fully saturated rings. The Labute approximate surface area is 161 Å². The molecule has 1 amide bonds. The molecular weight excluding hydrogens is 365 g/mol. The Morgan fingerprint density at radius 3 is 2.92 bits per heavy atom. The fourth-order valence-corrected chi connectivity index (χ4v) is 5.00. The van der Waals surface area contributed by atoms with Gasteiger partial charge in [-0.05, 0) is 50.8 Å². The van der Waals surface area contributed by atoms with Gasteiger partial charge < -0.3 is 15.5 Å². The second-order valence-electron chi connectivity index (χ2n) is 6.93. The molecule has 3 atom stereocenters. The van der Waals surface area contributed by atoms with Gasteiger partial charge >= 0.3 is 0 Å². The quantitative estimate of drug-likeness (QED) is 0.807. The molecule has 0 aromatic carbocycles. The molecule has 2 aliphatic rings. The summed E-state index contributed by atoms with van der Waals surface area (Å²) < 4.78 is 0. The Kier molecular flexibility index (Phi) is 8.50. The number of nitrogens with zero attached hydrogens (tertiary/aromatic N) is 1. The van der Waals surface area contributed by atoms with Crippen molar-refractivity contribution in [2.45, 2.75) is 31.7 Å². The molecule has 1 aromatic rings. The molecule has 3 rings (SSSR count). The molecule has 4 nitrogen and oxygen atoms in total. The zero-order chi connectivity index (χ0) is 15.6. The van der Waals surface area contributed by atoms with E-state index in [9.17, 15) is 4.79 Å². The summed E-state index contributed by atoms with van der Waals surface area (Å²) in [5, 5.41) is 8.83. The monoisotopic (exact) mass is 393 g/mol. The largest absolute Gasteiger partial charge is 0.354 e. The van der Waals surface area contributed by atoms with Crippen molar-refractivity contribution in [3.05, 3.63) is 22.4 Å². The van der Waals surface area contributed by atoms with Crippen LogP contribution in [0, 0.1) is 11.3 Å². The van der Waals surface area contributed by atoms with Crippen LogP contribution in [-0.2, 0) is 4.79 Å². The molecule has 7 heteroatoms. The van der Waals surface area contributed by atoms with E-state index in [1.54, 1.807) is 11.3 Å². The number of amides is 1. The van der Waals surface area contributed by atoms with Crippen molar-refractivity contribution in [2.75, 3.05) is 33.7 Å². The van der Waals surface area contributed by atoms with Gasteiger partial charge in [0.05, 0.1) is 11.5 Å². The highest BCUT2D eigenvalue weighted by Gasteiger charge is 2.49. The summed E-state index contributed by atoms with van der Waals surface area (Å²) in [6, 6.07) is 4.49. The van der Waals surface area contributed by atoms with Crippen molar-refractivity contribution in [3.8, 4) is 0 Å². The molecule has 138 valence electrons. The molecule has 24 heavy (non-hydrogen) atoms. The summed E-state index contributed by atoms with van der Waals surface area (Å²) in [7, 11) is 4.16. The summed E-state index contributed by atoms with van der Waals surface area (Å²) in [4.78, 5) is 16.4. The summed E-state index contributed by atoms with van der Waals surface area (Å²) >= 11 is 1.76. The van der Waals surface area contributed by atoms with Crippen LogP contribution in [0.25, 0.3) is 0 Å². The molecule has 1 unspecified atom stereocenters. The molecule has 0 radical (unpaired) electrons. The predicted octanol–water partition coefficient (Wildman–Crippen LogP) is 3.09. The second-order valence-corrected chi connectivity index (χ2v) is 7.91. The number of hydrogen-bond donors (Lipinski definition) is 2. The van der Waals surface area contributed by atoms with Gasteiger partial charge in [-0.1, -0.05) is 18.9 Å². The van der Waals surface area contributed by atoms with E-state index in [1.807, 2.05) is 0 Å². The first-order chi connectivity index (χ1) is 10.6. The third-order valence-corrected chi connectivity index (χ3v) is 6.41. The van der Waals surface area contributed by atoms with Crippen LogP contribution in [-0.4, -0.2) is 44.5 Å². The lowest BCUT2D eigenvalue weighted by atomic mass is 9.67. The Morgan fingerprint density at radius 1 is 1.46 bits per heavy atom. The van der Waals surface area contributed by atoms with Crippen LogP contribution in [0.5, 0.6) is 0 Å². The lowest BCUT2D eigenvalue weighted by molar-refractivity contribution is -0.134. The van der Waals surface area contributed by atoms with Crippen molar-refractivity contribution in [2.24, 2.45) is 11.3 Å². The fraction of sp³-hybridized carbons (Fsp3) is 0.706. The van der Waals surface area contributed by atoms with Crippen molar-refractivity contribution >= 4 is 42.1 Å². The lowest BCUT2D eigenvalue weighted by Crippen LogP contribution is -2.49. The van der Waals surface area contributed by atoms with Crippen LogP contribution in [0.3, 0.4) is 0 Å². The minimum atomic E-state index is -0.148. The van der Waals surface area contributed by atoms with E-state index in [0.29, 0.717) is 12.5 Å². The maximum Gasteiger partial charge on any atom is 0.227 e. The number of rotatable bonds is 5. The summed E-state index contributed by atoms with van der Waals surface area (Å²) in [6.45, 7) is 2.56. The standard InChI is InChI=1S/C17H27N3OS.2ClH/c1-20(2)14(15-7-5-9-22-15)11-19-16(21)17-8-4-3-6-13(17)10-18-12-17;;/h5,7,9,13-14,18H,3-4,6,8,10-12H2,1-2H3,(H,19,21);2*1H/t13-,14?,17+;;/m0../s1. The predicted molar refractivity (Wildman–Crippen MR) is 106 cm³/mol. The Bertz CT molecular complexity index is 512. The number of carbonyl (C=O) groups excluding carboxylic acids is 1. The minimum Gasteiger partial charge on any atom is -0.354 e. The van der Waals surface area contributed by atoms with Crippen LogP contribution >= 0.6 is 36.2 Å². The van der Waals surface area contributed by atoms with Gasteiger partial charge in [-0.3, -0.25) is 4.79 Å². The number of fused-ring (bicyclic) bond motifs is 1. The normalized spacial score (nSPS) is 26.9. The van der Waals surface area contributed by atoms with Crippen molar-refractivity contribution in [3.63, 3.8) is 0 Å². The summed E-state index contributed by atoms with van der Waals surface area (Å²) in [6.07, 6.45) is 4.70. The molecule has 0 spiro atoms. The zero-order valence-corrected chi connectivity index (χ0v) is 16.9. The van der Waals surface area contributed by atoms with E-state index in [2.05, 4.69) is 47.1 Å². The SMILES string of the molecule is CN(C)C(CNC(=O)[C@@]12CCCC[C@H]1CNC2)c1cccs1.Cl.Cl. The van der Waals surface area contributed by atoms with Gasteiger partial charge in [0, 0.05) is 18.0 Å². The summed E-state index contributed by atoms with van der Waals surface area (Å²) in [5.74, 6) is 0.798. The molecule has 2 N–H and O–H groups in total. The first-order valence-corrected chi connectivity index (χ1v) is 9.20. The molecule has 1 saturated heterocycles. The van der Waals surface area contributed by atoms with Crippen LogP contribution < -0.4 is 10.6 Å². The average Bonchev–Trinajstić information content (AvgIpc) is 3.16. The maximum absolute atomic E-state index is 12.9. The third kappa shape index (κ3) is 4.25. The van der Waals surface area contributed by atoms with Gasteiger partial charge in [-0.15, -0.1) is 36.2 Å². The molecule has 2 heterocycles. The fourth-order valence-electron chi connectivity index (χ4n) is 4.07. The van der Waals surface area contributed by atoms with E-state index in [4.69, 9.17) is 0 Å². The van der Waals surface area contributed by atoms with Gasteiger partial charge in [-0.25, -0.2) is 0 Å². The van der Waals surface area contributed by atoms with E-state index < -0.39 is 0 Å². The minimum absolute atomic E-state index is 0. The number of likely N-dealkylation sites (N-methyl/N-ethyl adjacent to an activating group) is 1. The molecule has 1 saturated carbocycles. The summed E-state index contributed by atoms with van der Waals surface area (Å²) in [5.41, 5.74) is -0.148. The lowest BCUT2D eigenvalue weighted by Gasteiger charge is -2.37. The molecule has 1 aliphatic heterocycles. The number of thiophene rings is 1. The first kappa shape index (κ1) is 21.7. The van der Waals surface area contributed by atoms with Crippen LogP contribution in [0.15, 0.2) is 17.5 Å².